The van der Waals surface area contributed by atoms with Gasteiger partial charge in [-0.1, -0.05) is 24.3 Å². The molecule has 4 rings (SSSR count). The number of aromatic nitrogens is 2. The van der Waals surface area contributed by atoms with Crippen LogP contribution < -0.4 is 0 Å². The van der Waals surface area contributed by atoms with Crippen LogP contribution in [0.1, 0.15) is 22.5 Å². The summed E-state index contributed by atoms with van der Waals surface area (Å²) in [5, 5.41) is 0. The number of aryl methyl sites for hydroxylation is 1. The van der Waals surface area contributed by atoms with Crippen molar-refractivity contribution >= 4 is 11.0 Å². The van der Waals surface area contributed by atoms with Crippen LogP contribution in [0.2, 0.25) is 0 Å². The molecule has 6 heteroatoms. The maximum atomic E-state index is 14.2. The normalized spacial score (nSPS) is 11.3. The zero-order chi connectivity index (χ0) is 19.8. The second-order valence-corrected chi connectivity index (χ2v) is 6.63. The number of imidazole rings is 1. The van der Waals surface area contributed by atoms with Gasteiger partial charge in [-0.3, -0.25) is 0 Å². The van der Waals surface area contributed by atoms with Gasteiger partial charge in [-0.05, 0) is 42.8 Å². The summed E-state index contributed by atoms with van der Waals surface area (Å²) in [6.45, 7) is 1.72. The topological polar surface area (TPSA) is 17.8 Å². The Morgan fingerprint density at radius 1 is 0.750 bits per heavy atom. The lowest BCUT2D eigenvalue weighted by atomic mass is 10.1. The van der Waals surface area contributed by atoms with Crippen LogP contribution in [0.25, 0.3) is 11.0 Å². The number of rotatable bonds is 4. The maximum absolute atomic E-state index is 14.2. The highest BCUT2D eigenvalue weighted by Crippen LogP contribution is 2.25. The van der Waals surface area contributed by atoms with Crippen LogP contribution in [0.5, 0.6) is 0 Å². The van der Waals surface area contributed by atoms with Crippen LogP contribution in [0.3, 0.4) is 0 Å². The Kier molecular flexibility index (Phi) is 4.63. The Morgan fingerprint density at radius 2 is 1.29 bits per heavy atom. The van der Waals surface area contributed by atoms with Crippen molar-refractivity contribution in [3.8, 4) is 0 Å². The minimum Gasteiger partial charge on any atom is -0.323 e. The van der Waals surface area contributed by atoms with Crippen molar-refractivity contribution in [2.45, 2.75) is 19.9 Å². The molecule has 28 heavy (non-hydrogen) atoms. The zero-order valence-corrected chi connectivity index (χ0v) is 15.0. The van der Waals surface area contributed by atoms with Crippen LogP contribution in [-0.2, 0) is 13.0 Å². The molecule has 0 radical (unpaired) electrons. The number of fused-ring (bicyclic) bond motifs is 1. The van der Waals surface area contributed by atoms with Crippen molar-refractivity contribution in [1.29, 1.82) is 0 Å². The fourth-order valence-electron chi connectivity index (χ4n) is 3.35. The summed E-state index contributed by atoms with van der Waals surface area (Å²) >= 11 is 0. The van der Waals surface area contributed by atoms with Gasteiger partial charge in [0.25, 0.3) is 0 Å². The van der Waals surface area contributed by atoms with Crippen molar-refractivity contribution in [2.24, 2.45) is 0 Å². The van der Waals surface area contributed by atoms with E-state index in [2.05, 4.69) is 4.98 Å². The van der Waals surface area contributed by atoms with Crippen LogP contribution in [-0.4, -0.2) is 9.55 Å². The first-order valence-corrected chi connectivity index (χ1v) is 8.76. The highest BCUT2D eigenvalue weighted by atomic mass is 19.1. The van der Waals surface area contributed by atoms with Crippen molar-refractivity contribution < 1.29 is 17.6 Å². The van der Waals surface area contributed by atoms with Gasteiger partial charge in [0, 0.05) is 17.5 Å². The van der Waals surface area contributed by atoms with Crippen LogP contribution >= 0.6 is 0 Å². The molecule has 0 N–H and O–H groups in total. The highest BCUT2D eigenvalue weighted by molar-refractivity contribution is 5.79. The summed E-state index contributed by atoms with van der Waals surface area (Å²) in [6, 6.07) is 12.7. The molecule has 0 bridgehead atoms. The highest BCUT2D eigenvalue weighted by Gasteiger charge is 2.19. The van der Waals surface area contributed by atoms with Gasteiger partial charge in [-0.15, -0.1) is 0 Å². The molecular weight excluding hydrogens is 368 g/mol. The number of hydrogen-bond acceptors (Lipinski definition) is 1. The van der Waals surface area contributed by atoms with Gasteiger partial charge >= 0.3 is 0 Å². The van der Waals surface area contributed by atoms with E-state index >= 15 is 0 Å². The minimum atomic E-state index is -0.688. The second-order valence-electron chi connectivity index (χ2n) is 6.63. The Hall–Kier alpha value is -3.15. The monoisotopic (exact) mass is 384 g/mol. The molecule has 0 spiro atoms. The SMILES string of the molecule is Cc1cccc2c1nc(Cc1c(F)cccc1F)n2Cc1c(F)cccc1F. The van der Waals surface area contributed by atoms with Crippen molar-refractivity contribution in [3.05, 3.63) is 100 Å². The number of hydrogen-bond donors (Lipinski definition) is 0. The molecule has 4 aromatic rings. The van der Waals surface area contributed by atoms with Crippen LogP contribution in [0.4, 0.5) is 17.6 Å². The van der Waals surface area contributed by atoms with Crippen LogP contribution in [0, 0.1) is 30.2 Å². The minimum absolute atomic E-state index is 0.126. The summed E-state index contributed by atoms with van der Waals surface area (Å²) in [5.41, 5.74) is 1.88. The molecule has 0 aliphatic carbocycles. The molecule has 0 aliphatic heterocycles. The van der Waals surface area contributed by atoms with Crippen molar-refractivity contribution in [1.82, 2.24) is 9.55 Å². The fraction of sp³-hybridized carbons (Fsp3) is 0.136. The molecule has 0 saturated heterocycles. The molecule has 1 heterocycles. The molecule has 0 saturated carbocycles. The Balaban J connectivity index is 1.89. The molecular formula is C22H16F4N2. The first kappa shape index (κ1) is 18.2. The van der Waals surface area contributed by atoms with Crippen LogP contribution in [0.15, 0.2) is 54.6 Å². The average molecular weight is 384 g/mol. The van der Waals surface area contributed by atoms with Gasteiger partial charge in [-0.25, -0.2) is 22.5 Å². The predicted octanol–water partition coefficient (Wildman–Crippen LogP) is 5.54. The number of nitrogens with zero attached hydrogens (tertiary/aromatic N) is 2. The molecule has 0 aliphatic rings. The first-order valence-electron chi connectivity index (χ1n) is 8.76. The third-order valence-corrected chi connectivity index (χ3v) is 4.83. The molecule has 0 fully saturated rings. The molecule has 1 aromatic heterocycles. The largest absolute Gasteiger partial charge is 0.323 e. The van der Waals surface area contributed by atoms with E-state index in [0.717, 1.165) is 5.56 Å². The van der Waals surface area contributed by atoms with Gasteiger partial charge in [0.2, 0.25) is 0 Å². The standard InChI is InChI=1S/C22H16F4N2/c1-13-5-2-10-20-22(13)27-21(11-14-16(23)6-3-7-17(14)24)28(20)12-15-18(25)8-4-9-19(15)26/h2-10H,11-12H2,1H3. The van der Waals surface area contributed by atoms with E-state index in [4.69, 9.17) is 0 Å². The fourth-order valence-corrected chi connectivity index (χ4v) is 3.35. The van der Waals surface area contributed by atoms with Gasteiger partial charge < -0.3 is 4.57 Å². The van der Waals surface area contributed by atoms with E-state index in [1.807, 2.05) is 13.0 Å². The van der Waals surface area contributed by atoms with Crippen molar-refractivity contribution in [2.75, 3.05) is 0 Å². The number of halogens is 4. The molecule has 0 atom stereocenters. The lowest BCUT2D eigenvalue weighted by Gasteiger charge is -2.12. The summed E-state index contributed by atoms with van der Waals surface area (Å²) in [4.78, 5) is 4.53. The zero-order valence-electron chi connectivity index (χ0n) is 15.0. The summed E-state index contributed by atoms with van der Waals surface area (Å²) in [5.74, 6) is -2.41. The number of para-hydroxylation sites is 1. The van der Waals surface area contributed by atoms with E-state index in [0.29, 0.717) is 16.9 Å². The van der Waals surface area contributed by atoms with E-state index in [9.17, 15) is 17.6 Å². The molecule has 0 unspecified atom stereocenters. The molecule has 142 valence electrons. The Morgan fingerprint density at radius 3 is 1.89 bits per heavy atom. The lowest BCUT2D eigenvalue weighted by molar-refractivity contribution is 0.538. The predicted molar refractivity (Wildman–Crippen MR) is 99.1 cm³/mol. The lowest BCUT2D eigenvalue weighted by Crippen LogP contribution is -2.10. The molecule has 3 aromatic carbocycles. The van der Waals surface area contributed by atoms with Gasteiger partial charge in [0.15, 0.2) is 0 Å². The molecule has 2 nitrogen and oxygen atoms in total. The van der Waals surface area contributed by atoms with E-state index in [1.165, 1.54) is 36.4 Å². The Labute approximate surface area is 159 Å². The summed E-state index contributed by atoms with van der Waals surface area (Å²) in [6.07, 6.45) is -0.136. The van der Waals surface area contributed by atoms with Gasteiger partial charge in [-0.2, -0.15) is 0 Å². The first-order chi connectivity index (χ1) is 13.5. The Bertz CT molecular complexity index is 1140. The summed E-state index contributed by atoms with van der Waals surface area (Å²) < 4.78 is 58.4. The molecule has 0 amide bonds. The summed E-state index contributed by atoms with van der Waals surface area (Å²) in [7, 11) is 0. The third-order valence-electron chi connectivity index (χ3n) is 4.83. The van der Waals surface area contributed by atoms with Gasteiger partial charge in [0.1, 0.15) is 29.1 Å². The third kappa shape index (κ3) is 3.15. The van der Waals surface area contributed by atoms with Crippen molar-refractivity contribution in [3.63, 3.8) is 0 Å². The second kappa shape index (κ2) is 7.11. The van der Waals surface area contributed by atoms with E-state index in [1.54, 1.807) is 16.7 Å². The van der Waals surface area contributed by atoms with Gasteiger partial charge in [0.05, 0.1) is 17.6 Å². The average Bonchev–Trinajstić information content (AvgIpc) is 3.00. The van der Waals surface area contributed by atoms with E-state index in [-0.39, 0.29) is 24.1 Å². The smallest absolute Gasteiger partial charge is 0.131 e. The maximum Gasteiger partial charge on any atom is 0.131 e. The van der Waals surface area contributed by atoms with E-state index < -0.39 is 23.3 Å². The quantitative estimate of drug-likeness (QED) is 0.423. The number of benzene rings is 3.